The molecule has 4 nitrogen and oxygen atoms in total. The first-order chi connectivity index (χ1) is 12.4. The van der Waals surface area contributed by atoms with E-state index in [1.165, 1.54) is 0 Å². The van der Waals surface area contributed by atoms with Crippen LogP contribution in [0.4, 0.5) is 0 Å². The standard InChI is InChI=1S/C21H26ClNO3/c1-21(2,16-7-9-17(22)10-8-16)14-23-20(24)12-6-15-5-11-18(25-3)19(13-15)26-4/h5,7-11,13H,6,12,14H2,1-4H3,(H,23,24). The lowest BCUT2D eigenvalue weighted by Crippen LogP contribution is -2.36. The normalized spacial score (nSPS) is 11.1. The Morgan fingerprint density at radius 2 is 1.69 bits per heavy atom. The first-order valence-electron chi connectivity index (χ1n) is 8.59. The van der Waals surface area contributed by atoms with Gasteiger partial charge in [-0.15, -0.1) is 0 Å². The molecule has 0 aliphatic heterocycles. The van der Waals surface area contributed by atoms with Gasteiger partial charge in [0.05, 0.1) is 14.2 Å². The van der Waals surface area contributed by atoms with Crippen LogP contribution in [0.2, 0.25) is 5.02 Å². The predicted octanol–water partition coefficient (Wildman–Crippen LogP) is 4.38. The van der Waals surface area contributed by atoms with Crippen molar-refractivity contribution in [3.8, 4) is 11.5 Å². The maximum Gasteiger partial charge on any atom is 0.220 e. The monoisotopic (exact) mass is 375 g/mol. The van der Waals surface area contributed by atoms with Crippen molar-refractivity contribution in [2.24, 2.45) is 0 Å². The minimum atomic E-state index is -0.163. The Morgan fingerprint density at radius 1 is 1.04 bits per heavy atom. The second-order valence-electron chi connectivity index (χ2n) is 6.86. The number of hydrogen-bond donors (Lipinski definition) is 1. The molecule has 2 aromatic rings. The Morgan fingerprint density at radius 3 is 2.31 bits per heavy atom. The number of methoxy groups -OCH3 is 2. The van der Waals surface area contributed by atoms with Crippen LogP contribution in [0, 0.1) is 0 Å². The molecule has 0 aliphatic rings. The summed E-state index contributed by atoms with van der Waals surface area (Å²) < 4.78 is 10.5. The van der Waals surface area contributed by atoms with Gasteiger partial charge in [-0.1, -0.05) is 43.6 Å². The van der Waals surface area contributed by atoms with Gasteiger partial charge >= 0.3 is 0 Å². The molecule has 0 bridgehead atoms. The second kappa shape index (κ2) is 8.95. The van der Waals surface area contributed by atoms with E-state index in [9.17, 15) is 4.79 Å². The molecule has 0 aromatic heterocycles. The highest BCUT2D eigenvalue weighted by Crippen LogP contribution is 2.28. The molecule has 0 radical (unpaired) electrons. The zero-order chi connectivity index (χ0) is 19.2. The molecule has 0 saturated heterocycles. The van der Waals surface area contributed by atoms with E-state index in [-0.39, 0.29) is 11.3 Å². The van der Waals surface area contributed by atoms with Crippen molar-refractivity contribution in [1.82, 2.24) is 5.32 Å². The number of benzene rings is 2. The van der Waals surface area contributed by atoms with Gasteiger partial charge in [0.25, 0.3) is 0 Å². The smallest absolute Gasteiger partial charge is 0.220 e. The van der Waals surface area contributed by atoms with Gasteiger partial charge in [-0.05, 0) is 41.8 Å². The number of amides is 1. The molecule has 26 heavy (non-hydrogen) atoms. The molecule has 0 atom stereocenters. The Bertz CT molecular complexity index is 741. The Balaban J connectivity index is 1.88. The number of hydrogen-bond acceptors (Lipinski definition) is 3. The molecular weight excluding hydrogens is 350 g/mol. The fourth-order valence-electron chi connectivity index (χ4n) is 2.71. The summed E-state index contributed by atoms with van der Waals surface area (Å²) in [6, 6.07) is 13.5. The molecular formula is C21H26ClNO3. The predicted molar refractivity (Wildman–Crippen MR) is 105 cm³/mol. The van der Waals surface area contributed by atoms with Crippen LogP contribution in [0.25, 0.3) is 0 Å². The van der Waals surface area contributed by atoms with E-state index in [0.29, 0.717) is 35.9 Å². The number of rotatable bonds is 8. The van der Waals surface area contributed by atoms with Gasteiger partial charge < -0.3 is 14.8 Å². The summed E-state index contributed by atoms with van der Waals surface area (Å²) in [7, 11) is 3.21. The highest BCUT2D eigenvalue weighted by Gasteiger charge is 2.21. The minimum Gasteiger partial charge on any atom is -0.493 e. The average Bonchev–Trinajstić information content (AvgIpc) is 2.64. The third kappa shape index (κ3) is 5.40. The summed E-state index contributed by atoms with van der Waals surface area (Å²) in [5.74, 6) is 1.39. The third-order valence-electron chi connectivity index (χ3n) is 4.44. The average molecular weight is 376 g/mol. The van der Waals surface area contributed by atoms with Crippen LogP contribution in [-0.4, -0.2) is 26.7 Å². The molecule has 0 fully saturated rings. The van der Waals surface area contributed by atoms with Gasteiger partial charge in [-0.3, -0.25) is 4.79 Å². The first-order valence-corrected chi connectivity index (χ1v) is 8.97. The SMILES string of the molecule is COc1ccc(CCC(=O)NCC(C)(C)c2ccc(Cl)cc2)cc1OC. The van der Waals surface area contributed by atoms with E-state index >= 15 is 0 Å². The molecule has 2 rings (SSSR count). The van der Waals surface area contributed by atoms with Crippen molar-refractivity contribution in [1.29, 1.82) is 0 Å². The van der Waals surface area contributed by atoms with Crippen LogP contribution in [0.5, 0.6) is 11.5 Å². The zero-order valence-corrected chi connectivity index (χ0v) is 16.5. The summed E-state index contributed by atoms with van der Waals surface area (Å²) >= 11 is 5.94. The van der Waals surface area contributed by atoms with E-state index in [1.807, 2.05) is 42.5 Å². The zero-order valence-electron chi connectivity index (χ0n) is 15.8. The largest absolute Gasteiger partial charge is 0.493 e. The van der Waals surface area contributed by atoms with Crippen LogP contribution < -0.4 is 14.8 Å². The molecule has 0 spiro atoms. The van der Waals surface area contributed by atoms with Gasteiger partial charge in [-0.2, -0.15) is 0 Å². The van der Waals surface area contributed by atoms with E-state index in [1.54, 1.807) is 14.2 Å². The van der Waals surface area contributed by atoms with E-state index in [2.05, 4.69) is 19.2 Å². The molecule has 5 heteroatoms. The fourth-order valence-corrected chi connectivity index (χ4v) is 2.83. The highest BCUT2D eigenvalue weighted by atomic mass is 35.5. The van der Waals surface area contributed by atoms with Crippen LogP contribution >= 0.6 is 11.6 Å². The van der Waals surface area contributed by atoms with Crippen molar-refractivity contribution in [3.63, 3.8) is 0 Å². The molecule has 0 heterocycles. The number of nitrogens with one attached hydrogen (secondary N) is 1. The second-order valence-corrected chi connectivity index (χ2v) is 7.29. The summed E-state index contributed by atoms with van der Waals surface area (Å²) in [4.78, 5) is 12.2. The van der Waals surface area contributed by atoms with Crippen molar-refractivity contribution in [3.05, 3.63) is 58.6 Å². The van der Waals surface area contributed by atoms with Crippen LogP contribution in [0.1, 0.15) is 31.4 Å². The van der Waals surface area contributed by atoms with Crippen LogP contribution in [-0.2, 0) is 16.6 Å². The molecule has 0 saturated carbocycles. The first kappa shape index (κ1) is 20.1. The highest BCUT2D eigenvalue weighted by molar-refractivity contribution is 6.30. The quantitative estimate of drug-likeness (QED) is 0.744. The van der Waals surface area contributed by atoms with Crippen molar-refractivity contribution in [2.75, 3.05) is 20.8 Å². The Hall–Kier alpha value is -2.20. The number of aryl methyl sites for hydroxylation is 1. The number of carbonyl (C=O) groups excluding carboxylic acids is 1. The number of ether oxygens (including phenoxy) is 2. The van der Waals surface area contributed by atoms with Crippen molar-refractivity contribution < 1.29 is 14.3 Å². The van der Waals surface area contributed by atoms with Crippen molar-refractivity contribution in [2.45, 2.75) is 32.1 Å². The van der Waals surface area contributed by atoms with Gasteiger partial charge in [0, 0.05) is 23.4 Å². The lowest BCUT2D eigenvalue weighted by molar-refractivity contribution is -0.121. The topological polar surface area (TPSA) is 47.6 Å². The van der Waals surface area contributed by atoms with E-state index < -0.39 is 0 Å². The summed E-state index contributed by atoms with van der Waals surface area (Å²) in [6.07, 6.45) is 1.07. The number of carbonyl (C=O) groups is 1. The lowest BCUT2D eigenvalue weighted by Gasteiger charge is -2.25. The summed E-state index contributed by atoms with van der Waals surface area (Å²) in [5.41, 5.74) is 2.01. The molecule has 0 aliphatic carbocycles. The lowest BCUT2D eigenvalue weighted by atomic mass is 9.84. The Kier molecular flexibility index (Phi) is 6.92. The van der Waals surface area contributed by atoms with Gasteiger partial charge in [0.15, 0.2) is 11.5 Å². The minimum absolute atomic E-state index is 0.0295. The molecule has 2 aromatic carbocycles. The summed E-state index contributed by atoms with van der Waals surface area (Å²) in [5, 5.41) is 3.74. The Labute approximate surface area is 160 Å². The van der Waals surface area contributed by atoms with E-state index in [4.69, 9.17) is 21.1 Å². The molecule has 0 unspecified atom stereocenters. The number of halogens is 1. The van der Waals surface area contributed by atoms with Gasteiger partial charge in [0.2, 0.25) is 5.91 Å². The maximum atomic E-state index is 12.2. The molecule has 1 amide bonds. The molecule has 140 valence electrons. The third-order valence-corrected chi connectivity index (χ3v) is 4.69. The maximum absolute atomic E-state index is 12.2. The van der Waals surface area contributed by atoms with Gasteiger partial charge in [0.1, 0.15) is 0 Å². The van der Waals surface area contributed by atoms with Crippen LogP contribution in [0.3, 0.4) is 0 Å². The van der Waals surface area contributed by atoms with Crippen LogP contribution in [0.15, 0.2) is 42.5 Å². The van der Waals surface area contributed by atoms with Crippen molar-refractivity contribution >= 4 is 17.5 Å². The van der Waals surface area contributed by atoms with Gasteiger partial charge in [-0.25, -0.2) is 0 Å². The fraction of sp³-hybridized carbons (Fsp3) is 0.381. The summed E-state index contributed by atoms with van der Waals surface area (Å²) in [6.45, 7) is 4.77. The van der Waals surface area contributed by atoms with E-state index in [0.717, 1.165) is 11.1 Å². The molecule has 1 N–H and O–H groups in total.